The number of methoxy groups -OCH3 is 1. The fraction of sp³-hybridized carbons (Fsp3) is 0.211. The second-order valence-electron chi connectivity index (χ2n) is 5.95. The molecule has 0 aliphatic heterocycles. The maximum atomic E-state index is 10.8. The molecule has 1 amide bonds. The predicted molar refractivity (Wildman–Crippen MR) is 100.0 cm³/mol. The second-order valence-corrected chi connectivity index (χ2v) is 5.95. The van der Waals surface area contributed by atoms with Gasteiger partial charge in [0.05, 0.1) is 18.3 Å². The molecule has 0 unspecified atom stereocenters. The Hall–Kier alpha value is -3.15. The number of rotatable bonds is 6. The van der Waals surface area contributed by atoms with E-state index in [1.807, 2.05) is 56.3 Å². The van der Waals surface area contributed by atoms with Gasteiger partial charge in [0.1, 0.15) is 5.75 Å². The van der Waals surface area contributed by atoms with E-state index in [0.717, 1.165) is 33.5 Å². The lowest BCUT2D eigenvalue weighted by Crippen LogP contribution is -2.13. The Morgan fingerprint density at radius 1 is 1.08 bits per heavy atom. The number of amides is 1. The number of ether oxygens (including phenoxy) is 1. The highest BCUT2D eigenvalue weighted by Gasteiger charge is 2.12. The molecule has 0 aliphatic rings. The van der Waals surface area contributed by atoms with E-state index in [4.69, 9.17) is 4.74 Å². The fourth-order valence-electron chi connectivity index (χ4n) is 2.68. The average Bonchev–Trinajstić information content (AvgIpc) is 2.63. The van der Waals surface area contributed by atoms with Gasteiger partial charge in [0.25, 0.3) is 0 Å². The van der Waals surface area contributed by atoms with Crippen LogP contribution in [-0.4, -0.2) is 29.8 Å². The Balaban J connectivity index is 2.11. The summed E-state index contributed by atoms with van der Waals surface area (Å²) >= 11 is 0. The van der Waals surface area contributed by atoms with Gasteiger partial charge in [0.15, 0.2) is 5.82 Å². The van der Waals surface area contributed by atoms with E-state index in [0.29, 0.717) is 12.2 Å². The third-order valence-electron chi connectivity index (χ3n) is 3.79. The van der Waals surface area contributed by atoms with Gasteiger partial charge in [-0.15, -0.1) is 10.2 Å². The van der Waals surface area contributed by atoms with E-state index in [1.54, 1.807) is 7.11 Å². The summed E-state index contributed by atoms with van der Waals surface area (Å²) < 4.78 is 5.29. The van der Waals surface area contributed by atoms with Crippen LogP contribution in [0.1, 0.15) is 13.8 Å². The summed E-state index contributed by atoms with van der Waals surface area (Å²) in [5.74, 6) is 1.22. The van der Waals surface area contributed by atoms with Crippen molar-refractivity contribution in [2.24, 2.45) is 0 Å². The zero-order chi connectivity index (χ0) is 17.8. The lowest BCUT2D eigenvalue weighted by Gasteiger charge is -2.15. The minimum absolute atomic E-state index is 0.192. The molecular formula is C19H20N4O2. The number of hydrogen-bond acceptors (Lipinski definition) is 5. The van der Waals surface area contributed by atoms with E-state index in [2.05, 4.69) is 20.8 Å². The van der Waals surface area contributed by atoms with E-state index in [1.165, 1.54) is 0 Å². The Labute approximate surface area is 146 Å². The van der Waals surface area contributed by atoms with Crippen molar-refractivity contribution >= 4 is 28.8 Å². The first-order chi connectivity index (χ1) is 12.1. The van der Waals surface area contributed by atoms with Crippen LogP contribution in [0.5, 0.6) is 5.75 Å². The molecular weight excluding hydrogens is 316 g/mol. The van der Waals surface area contributed by atoms with Gasteiger partial charge in [-0.1, -0.05) is 18.2 Å². The maximum Gasteiger partial charge on any atom is 0.212 e. The molecule has 25 heavy (non-hydrogen) atoms. The molecule has 3 rings (SSSR count). The lowest BCUT2D eigenvalue weighted by atomic mass is 10.0. The molecule has 6 nitrogen and oxygen atoms in total. The van der Waals surface area contributed by atoms with Crippen molar-refractivity contribution in [3.63, 3.8) is 0 Å². The number of hydrogen-bond donors (Lipinski definition) is 2. The summed E-state index contributed by atoms with van der Waals surface area (Å²) in [6, 6.07) is 14.0. The summed E-state index contributed by atoms with van der Waals surface area (Å²) in [6.45, 7) is 4.06. The van der Waals surface area contributed by atoms with Gasteiger partial charge < -0.3 is 15.4 Å². The van der Waals surface area contributed by atoms with E-state index in [-0.39, 0.29) is 6.04 Å². The van der Waals surface area contributed by atoms with Crippen molar-refractivity contribution in [3.8, 4) is 16.9 Å². The van der Waals surface area contributed by atoms with Gasteiger partial charge in [-0.3, -0.25) is 4.79 Å². The molecule has 6 heteroatoms. The topological polar surface area (TPSA) is 76.1 Å². The van der Waals surface area contributed by atoms with Crippen molar-refractivity contribution in [2.75, 3.05) is 17.7 Å². The first-order valence-electron chi connectivity index (χ1n) is 8.04. The maximum absolute atomic E-state index is 10.8. The van der Waals surface area contributed by atoms with Crippen LogP contribution in [0.25, 0.3) is 22.0 Å². The minimum Gasteiger partial charge on any atom is -0.497 e. The van der Waals surface area contributed by atoms with Crippen LogP contribution < -0.4 is 15.4 Å². The van der Waals surface area contributed by atoms with Crippen LogP contribution in [0, 0.1) is 0 Å². The monoisotopic (exact) mass is 336 g/mol. The number of nitrogens with zero attached hydrogens (tertiary/aromatic N) is 2. The molecule has 2 N–H and O–H groups in total. The molecule has 0 saturated heterocycles. The number of carbonyl (C=O) groups is 1. The summed E-state index contributed by atoms with van der Waals surface area (Å²) in [5.41, 5.74) is 3.58. The third-order valence-corrected chi connectivity index (χ3v) is 3.79. The standard InChI is InChI=1S/C19H20N4O2/c1-12(2)21-18-16-8-7-14(13-5-4-6-15(9-13)25-3)10-17(16)22-23-19(18)20-11-24/h4-12H,1-3H3,(H,21,22)(H,20,23,24). The second kappa shape index (κ2) is 7.17. The summed E-state index contributed by atoms with van der Waals surface area (Å²) in [5, 5.41) is 15.2. The number of benzene rings is 2. The third kappa shape index (κ3) is 3.52. The van der Waals surface area contributed by atoms with Gasteiger partial charge in [-0.25, -0.2) is 0 Å². The van der Waals surface area contributed by atoms with Gasteiger partial charge in [0, 0.05) is 11.4 Å². The molecule has 0 fully saturated rings. The van der Waals surface area contributed by atoms with Crippen molar-refractivity contribution in [2.45, 2.75) is 19.9 Å². The van der Waals surface area contributed by atoms with Crippen molar-refractivity contribution in [3.05, 3.63) is 42.5 Å². The Morgan fingerprint density at radius 2 is 1.88 bits per heavy atom. The zero-order valence-corrected chi connectivity index (χ0v) is 14.4. The smallest absolute Gasteiger partial charge is 0.212 e. The molecule has 0 saturated carbocycles. The molecule has 3 aromatic rings. The minimum atomic E-state index is 0.192. The quantitative estimate of drug-likeness (QED) is 0.671. The van der Waals surface area contributed by atoms with E-state index >= 15 is 0 Å². The average molecular weight is 336 g/mol. The molecule has 0 spiro atoms. The molecule has 0 radical (unpaired) electrons. The molecule has 0 bridgehead atoms. The Kier molecular flexibility index (Phi) is 4.79. The molecule has 2 aromatic carbocycles. The number of carbonyl (C=O) groups excluding carboxylic acids is 1. The van der Waals surface area contributed by atoms with Gasteiger partial charge in [0.2, 0.25) is 6.41 Å². The van der Waals surface area contributed by atoms with Crippen LogP contribution in [0.3, 0.4) is 0 Å². The van der Waals surface area contributed by atoms with Crippen molar-refractivity contribution in [1.82, 2.24) is 10.2 Å². The van der Waals surface area contributed by atoms with Crippen molar-refractivity contribution < 1.29 is 9.53 Å². The van der Waals surface area contributed by atoms with Crippen LogP contribution in [-0.2, 0) is 4.79 Å². The number of aromatic nitrogens is 2. The lowest BCUT2D eigenvalue weighted by molar-refractivity contribution is -0.105. The SMILES string of the molecule is COc1cccc(-c2ccc3c(NC(C)C)c(NC=O)nnc3c2)c1. The van der Waals surface area contributed by atoms with Crippen molar-refractivity contribution in [1.29, 1.82) is 0 Å². The largest absolute Gasteiger partial charge is 0.497 e. The summed E-state index contributed by atoms with van der Waals surface area (Å²) in [6.07, 6.45) is 0.603. The fourth-order valence-corrected chi connectivity index (χ4v) is 2.68. The molecule has 1 aromatic heterocycles. The highest BCUT2D eigenvalue weighted by molar-refractivity contribution is 5.99. The van der Waals surface area contributed by atoms with E-state index < -0.39 is 0 Å². The Morgan fingerprint density at radius 3 is 2.60 bits per heavy atom. The van der Waals surface area contributed by atoms with Gasteiger partial charge in [-0.2, -0.15) is 0 Å². The first-order valence-corrected chi connectivity index (χ1v) is 8.04. The first kappa shape index (κ1) is 16.7. The normalized spacial score (nSPS) is 10.7. The van der Waals surface area contributed by atoms with Crippen LogP contribution in [0.15, 0.2) is 42.5 Å². The summed E-state index contributed by atoms with van der Waals surface area (Å²) in [7, 11) is 1.65. The Bertz CT molecular complexity index is 909. The zero-order valence-electron chi connectivity index (χ0n) is 14.4. The van der Waals surface area contributed by atoms with Gasteiger partial charge in [-0.05, 0) is 49.2 Å². The van der Waals surface area contributed by atoms with Gasteiger partial charge >= 0.3 is 0 Å². The highest BCUT2D eigenvalue weighted by Crippen LogP contribution is 2.32. The molecule has 128 valence electrons. The van der Waals surface area contributed by atoms with Crippen LogP contribution in [0.2, 0.25) is 0 Å². The number of anilines is 2. The molecule has 0 aliphatic carbocycles. The van der Waals surface area contributed by atoms with Crippen LogP contribution in [0.4, 0.5) is 11.5 Å². The predicted octanol–water partition coefficient (Wildman–Crippen LogP) is 3.69. The van der Waals surface area contributed by atoms with Crippen LogP contribution >= 0.6 is 0 Å². The number of nitrogens with one attached hydrogen (secondary N) is 2. The molecule has 0 atom stereocenters. The summed E-state index contributed by atoms with van der Waals surface area (Å²) in [4.78, 5) is 10.8. The number of fused-ring (bicyclic) bond motifs is 1. The molecule has 1 heterocycles. The highest BCUT2D eigenvalue weighted by atomic mass is 16.5. The van der Waals surface area contributed by atoms with E-state index in [9.17, 15) is 4.79 Å².